The van der Waals surface area contributed by atoms with Crippen molar-refractivity contribution in [1.82, 2.24) is 0 Å². The number of carbonyl (C=O) groups excluding carboxylic acids is 1. The van der Waals surface area contributed by atoms with Crippen molar-refractivity contribution in [3.63, 3.8) is 0 Å². The van der Waals surface area contributed by atoms with Crippen LogP contribution in [0.25, 0.3) is 21.9 Å². The SMILES string of the molecule is COc1ccc(NC(=O)Cc2c(C)c3cc4c(C)c(C)oc4cc3oc2=O)c(OC)c1. The van der Waals surface area contributed by atoms with Crippen molar-refractivity contribution < 1.29 is 23.1 Å². The maximum atomic E-state index is 12.7. The number of hydrogen-bond donors (Lipinski definition) is 1. The van der Waals surface area contributed by atoms with Crippen molar-refractivity contribution in [2.45, 2.75) is 27.2 Å². The van der Waals surface area contributed by atoms with Crippen molar-refractivity contribution >= 4 is 33.5 Å². The summed E-state index contributed by atoms with van der Waals surface area (Å²) in [6.07, 6.45) is -0.124. The van der Waals surface area contributed by atoms with Crippen LogP contribution in [0.4, 0.5) is 5.69 Å². The van der Waals surface area contributed by atoms with Gasteiger partial charge in [0.25, 0.3) is 0 Å². The van der Waals surface area contributed by atoms with Gasteiger partial charge in [-0.3, -0.25) is 4.79 Å². The van der Waals surface area contributed by atoms with Crippen LogP contribution in [0.5, 0.6) is 11.5 Å². The molecule has 7 heteroatoms. The highest BCUT2D eigenvalue weighted by Crippen LogP contribution is 2.32. The first kappa shape index (κ1) is 20.5. The van der Waals surface area contributed by atoms with Crippen LogP contribution in [0.3, 0.4) is 0 Å². The van der Waals surface area contributed by atoms with E-state index < -0.39 is 5.63 Å². The Morgan fingerprint density at radius 2 is 1.65 bits per heavy atom. The number of ether oxygens (including phenoxy) is 2. The molecule has 0 fully saturated rings. The van der Waals surface area contributed by atoms with E-state index in [0.717, 1.165) is 22.1 Å². The molecule has 0 spiro atoms. The molecule has 0 radical (unpaired) electrons. The number of anilines is 1. The zero-order valence-electron chi connectivity index (χ0n) is 18.0. The molecule has 1 amide bonds. The van der Waals surface area contributed by atoms with E-state index in [9.17, 15) is 9.59 Å². The van der Waals surface area contributed by atoms with E-state index in [1.807, 2.05) is 26.8 Å². The fourth-order valence-electron chi connectivity index (χ4n) is 3.69. The van der Waals surface area contributed by atoms with Gasteiger partial charge >= 0.3 is 5.63 Å². The van der Waals surface area contributed by atoms with Gasteiger partial charge in [-0.05, 0) is 50.1 Å². The molecular formula is C24H23NO6. The highest BCUT2D eigenvalue weighted by molar-refractivity contribution is 5.98. The third-order valence-corrected chi connectivity index (χ3v) is 5.60. The molecule has 2 aromatic carbocycles. The molecule has 0 saturated carbocycles. The third-order valence-electron chi connectivity index (χ3n) is 5.60. The Kier molecular flexibility index (Phi) is 5.19. The lowest BCUT2D eigenvalue weighted by molar-refractivity contribution is -0.115. The number of nitrogens with one attached hydrogen (secondary N) is 1. The van der Waals surface area contributed by atoms with E-state index in [4.69, 9.17) is 18.3 Å². The number of hydrogen-bond acceptors (Lipinski definition) is 6. The average molecular weight is 421 g/mol. The summed E-state index contributed by atoms with van der Waals surface area (Å²) >= 11 is 0. The topological polar surface area (TPSA) is 90.9 Å². The van der Waals surface area contributed by atoms with Gasteiger partial charge in [-0.2, -0.15) is 0 Å². The Bertz CT molecular complexity index is 1380. The summed E-state index contributed by atoms with van der Waals surface area (Å²) in [7, 11) is 3.06. The van der Waals surface area contributed by atoms with Crippen LogP contribution < -0.4 is 20.4 Å². The van der Waals surface area contributed by atoms with Crippen molar-refractivity contribution in [2.75, 3.05) is 19.5 Å². The average Bonchev–Trinajstić information content (AvgIpc) is 3.03. The van der Waals surface area contributed by atoms with E-state index in [1.165, 1.54) is 7.11 Å². The molecule has 1 N–H and O–H groups in total. The summed E-state index contributed by atoms with van der Waals surface area (Å²) in [5.41, 5.74) is 3.11. The summed E-state index contributed by atoms with van der Waals surface area (Å²) in [4.78, 5) is 25.4. The molecule has 0 aliphatic heterocycles. The molecule has 2 aromatic heterocycles. The lowest BCUT2D eigenvalue weighted by Gasteiger charge is -2.12. The number of rotatable bonds is 5. The maximum absolute atomic E-state index is 12.7. The van der Waals surface area contributed by atoms with Gasteiger partial charge in [-0.15, -0.1) is 0 Å². The highest BCUT2D eigenvalue weighted by Gasteiger charge is 2.18. The zero-order chi connectivity index (χ0) is 22.3. The second-order valence-electron chi connectivity index (χ2n) is 7.41. The van der Waals surface area contributed by atoms with Crippen molar-refractivity contribution in [3.05, 3.63) is 63.2 Å². The van der Waals surface area contributed by atoms with E-state index in [2.05, 4.69) is 5.32 Å². The molecule has 160 valence electrons. The number of aryl methyl sites for hydroxylation is 3. The van der Waals surface area contributed by atoms with Crippen LogP contribution in [0, 0.1) is 20.8 Å². The zero-order valence-corrected chi connectivity index (χ0v) is 18.0. The number of methoxy groups -OCH3 is 2. The van der Waals surface area contributed by atoms with Gasteiger partial charge in [-0.1, -0.05) is 0 Å². The van der Waals surface area contributed by atoms with Crippen molar-refractivity contribution in [3.8, 4) is 11.5 Å². The Morgan fingerprint density at radius 3 is 2.35 bits per heavy atom. The largest absolute Gasteiger partial charge is 0.497 e. The van der Waals surface area contributed by atoms with Crippen LogP contribution >= 0.6 is 0 Å². The van der Waals surface area contributed by atoms with Gasteiger partial charge < -0.3 is 23.6 Å². The van der Waals surface area contributed by atoms with Gasteiger partial charge in [-0.25, -0.2) is 4.79 Å². The predicted octanol–water partition coefficient (Wildman–Crippen LogP) is 4.66. The monoisotopic (exact) mass is 421 g/mol. The van der Waals surface area contributed by atoms with E-state index in [0.29, 0.717) is 39.5 Å². The molecule has 4 aromatic rings. The van der Waals surface area contributed by atoms with Crippen molar-refractivity contribution in [2.24, 2.45) is 0 Å². The minimum absolute atomic E-state index is 0.124. The van der Waals surface area contributed by atoms with Crippen LogP contribution in [-0.2, 0) is 11.2 Å². The molecule has 0 unspecified atom stereocenters. The number of benzene rings is 2. The fraction of sp³-hybridized carbons (Fsp3) is 0.250. The van der Waals surface area contributed by atoms with Gasteiger partial charge in [0.2, 0.25) is 5.91 Å². The summed E-state index contributed by atoms with van der Waals surface area (Å²) < 4.78 is 21.7. The van der Waals surface area contributed by atoms with E-state index in [1.54, 1.807) is 31.4 Å². The maximum Gasteiger partial charge on any atom is 0.340 e. The van der Waals surface area contributed by atoms with Crippen LogP contribution in [0.1, 0.15) is 22.5 Å². The van der Waals surface area contributed by atoms with Gasteiger partial charge in [0.05, 0.1) is 31.9 Å². The predicted molar refractivity (Wildman–Crippen MR) is 118 cm³/mol. The number of amides is 1. The number of fused-ring (bicyclic) bond motifs is 2. The van der Waals surface area contributed by atoms with Crippen LogP contribution in [-0.4, -0.2) is 20.1 Å². The second kappa shape index (κ2) is 7.83. The molecule has 7 nitrogen and oxygen atoms in total. The summed E-state index contributed by atoms with van der Waals surface area (Å²) in [5, 5.41) is 4.53. The van der Waals surface area contributed by atoms with Gasteiger partial charge in [0.1, 0.15) is 28.4 Å². The molecule has 0 saturated heterocycles. The Hall–Kier alpha value is -3.74. The van der Waals surface area contributed by atoms with E-state index in [-0.39, 0.29) is 12.3 Å². The first-order valence-corrected chi connectivity index (χ1v) is 9.80. The Morgan fingerprint density at radius 1 is 0.935 bits per heavy atom. The molecule has 0 aliphatic carbocycles. The van der Waals surface area contributed by atoms with Crippen LogP contribution in [0.15, 0.2) is 44.0 Å². The quantitative estimate of drug-likeness (QED) is 0.471. The Labute approximate surface area is 178 Å². The Balaban J connectivity index is 1.69. The standard InChI is InChI=1S/C24H23NO6/c1-12-14(3)30-20-11-21-17(9-16(12)20)13(2)18(24(27)31-21)10-23(26)25-19-7-6-15(28-4)8-22(19)29-5/h6-9,11H,10H2,1-5H3,(H,25,26). The summed E-state index contributed by atoms with van der Waals surface area (Å²) in [5.74, 6) is 1.54. The molecule has 31 heavy (non-hydrogen) atoms. The smallest absolute Gasteiger partial charge is 0.340 e. The molecule has 2 heterocycles. The molecule has 0 atom stereocenters. The lowest BCUT2D eigenvalue weighted by Crippen LogP contribution is -2.21. The molecular weight excluding hydrogens is 398 g/mol. The highest BCUT2D eigenvalue weighted by atomic mass is 16.5. The van der Waals surface area contributed by atoms with Crippen molar-refractivity contribution in [1.29, 1.82) is 0 Å². The molecule has 0 aliphatic rings. The van der Waals surface area contributed by atoms with Gasteiger partial charge in [0, 0.05) is 22.9 Å². The summed E-state index contributed by atoms with van der Waals surface area (Å²) in [6, 6.07) is 8.75. The number of carbonyl (C=O) groups is 1. The second-order valence-corrected chi connectivity index (χ2v) is 7.41. The fourth-order valence-corrected chi connectivity index (χ4v) is 3.69. The molecule has 0 bridgehead atoms. The summed E-state index contributed by atoms with van der Waals surface area (Å²) in [6.45, 7) is 5.70. The van der Waals surface area contributed by atoms with Gasteiger partial charge in [0.15, 0.2) is 0 Å². The minimum Gasteiger partial charge on any atom is -0.497 e. The normalized spacial score (nSPS) is 11.1. The third kappa shape index (κ3) is 3.63. The minimum atomic E-state index is -0.541. The lowest BCUT2D eigenvalue weighted by atomic mass is 10.0. The number of furan rings is 1. The van der Waals surface area contributed by atoms with E-state index >= 15 is 0 Å². The molecule has 4 rings (SSSR count). The first-order chi connectivity index (χ1) is 14.8. The van der Waals surface area contributed by atoms with Crippen LogP contribution in [0.2, 0.25) is 0 Å². The first-order valence-electron chi connectivity index (χ1n) is 9.80.